The van der Waals surface area contributed by atoms with E-state index in [4.69, 9.17) is 10.5 Å². The fraction of sp³-hybridized carbons (Fsp3) is 0.588. The molecule has 3 N–H and O–H groups in total. The van der Waals surface area contributed by atoms with E-state index in [1.807, 2.05) is 6.92 Å². The van der Waals surface area contributed by atoms with Gasteiger partial charge in [0, 0.05) is 6.54 Å². The van der Waals surface area contributed by atoms with Crippen LogP contribution in [0, 0.1) is 17.8 Å². The number of ether oxygens (including phenoxy) is 1. The Kier molecular flexibility index (Phi) is 6.53. The van der Waals surface area contributed by atoms with Crippen molar-refractivity contribution in [1.82, 2.24) is 5.32 Å². The van der Waals surface area contributed by atoms with Crippen LogP contribution < -0.4 is 15.8 Å². The number of nitrogen functional groups attached to an aromatic ring is 1. The predicted octanol–water partition coefficient (Wildman–Crippen LogP) is 3.33. The molecule has 1 rings (SSSR count). The lowest BCUT2D eigenvalue weighted by Crippen LogP contribution is -2.34. The Bertz CT molecular complexity index is 462. The highest BCUT2D eigenvalue weighted by Crippen LogP contribution is 2.26. The number of nitrogens with one attached hydrogen (secondary N) is 1. The predicted molar refractivity (Wildman–Crippen MR) is 87.5 cm³/mol. The number of para-hydroxylation sites is 1. The van der Waals surface area contributed by atoms with Crippen molar-refractivity contribution in [2.75, 3.05) is 18.9 Å². The molecule has 118 valence electrons. The van der Waals surface area contributed by atoms with Crippen LogP contribution in [0.25, 0.3) is 0 Å². The summed E-state index contributed by atoms with van der Waals surface area (Å²) >= 11 is 0. The molecule has 0 spiro atoms. The molecule has 1 aromatic carbocycles. The minimum atomic E-state index is -0.128. The van der Waals surface area contributed by atoms with Gasteiger partial charge >= 0.3 is 0 Å². The fourth-order valence-corrected chi connectivity index (χ4v) is 2.59. The average Bonchev–Trinajstić information content (AvgIpc) is 2.40. The van der Waals surface area contributed by atoms with Crippen LogP contribution in [0.2, 0.25) is 0 Å². The lowest BCUT2D eigenvalue weighted by Gasteiger charge is -2.25. The highest BCUT2D eigenvalue weighted by Gasteiger charge is 2.20. The molecule has 0 heterocycles. The Balaban J connectivity index is 2.83. The topological polar surface area (TPSA) is 64.3 Å². The van der Waals surface area contributed by atoms with Crippen molar-refractivity contribution in [3.8, 4) is 5.75 Å². The zero-order valence-electron chi connectivity index (χ0n) is 13.8. The number of anilines is 1. The molecule has 4 nitrogen and oxygen atoms in total. The number of benzene rings is 1. The van der Waals surface area contributed by atoms with Crippen LogP contribution in [0.1, 0.15) is 45.0 Å². The Morgan fingerprint density at radius 2 is 1.86 bits per heavy atom. The van der Waals surface area contributed by atoms with Crippen LogP contribution >= 0.6 is 0 Å². The molecule has 21 heavy (non-hydrogen) atoms. The number of hydrogen-bond donors (Lipinski definition) is 2. The molecule has 0 unspecified atom stereocenters. The molecular formula is C17H28N2O2. The number of carbonyl (C=O) groups excluding carboxylic acids is 1. The van der Waals surface area contributed by atoms with Gasteiger partial charge in [0.2, 0.25) is 0 Å². The zero-order valence-corrected chi connectivity index (χ0v) is 13.8. The summed E-state index contributed by atoms with van der Waals surface area (Å²) in [6.07, 6.45) is 0. The molecule has 4 heteroatoms. The maximum Gasteiger partial charge on any atom is 0.255 e. The lowest BCUT2D eigenvalue weighted by molar-refractivity contribution is 0.0933. The first-order valence-electron chi connectivity index (χ1n) is 7.67. The molecule has 0 atom stereocenters. The van der Waals surface area contributed by atoms with E-state index in [9.17, 15) is 4.79 Å². The summed E-state index contributed by atoms with van der Waals surface area (Å²) in [6, 6.07) is 5.26. The molecule has 0 saturated carbocycles. The maximum absolute atomic E-state index is 12.4. The summed E-state index contributed by atoms with van der Waals surface area (Å²) in [4.78, 5) is 12.4. The summed E-state index contributed by atoms with van der Waals surface area (Å²) in [6.45, 7) is 11.8. The van der Waals surface area contributed by atoms with E-state index >= 15 is 0 Å². The standard InChI is InChI=1S/C17H28N2O2/c1-6-21-16-13(8-7-9-15(16)18)17(20)19-10-14(11(2)3)12(4)5/h7-9,11-12,14H,6,10,18H2,1-5H3,(H,19,20). The number of nitrogens with two attached hydrogens (primary N) is 1. The van der Waals surface area contributed by atoms with E-state index < -0.39 is 0 Å². The van der Waals surface area contributed by atoms with Crippen molar-refractivity contribution in [2.24, 2.45) is 17.8 Å². The first-order chi connectivity index (χ1) is 9.88. The molecule has 0 aliphatic heterocycles. The summed E-state index contributed by atoms with van der Waals surface area (Å²) in [5.41, 5.74) is 6.89. The van der Waals surface area contributed by atoms with Crippen LogP contribution in [0.5, 0.6) is 5.75 Å². The van der Waals surface area contributed by atoms with Crippen molar-refractivity contribution in [1.29, 1.82) is 0 Å². The second-order valence-corrected chi connectivity index (χ2v) is 6.02. The molecule has 0 aromatic heterocycles. The number of carbonyl (C=O) groups is 1. The fourth-order valence-electron chi connectivity index (χ4n) is 2.59. The Hall–Kier alpha value is -1.71. The van der Waals surface area contributed by atoms with Gasteiger partial charge in [-0.2, -0.15) is 0 Å². The van der Waals surface area contributed by atoms with Gasteiger partial charge in [0.05, 0.1) is 17.9 Å². The van der Waals surface area contributed by atoms with Gasteiger partial charge in [0.15, 0.2) is 5.75 Å². The van der Waals surface area contributed by atoms with Crippen molar-refractivity contribution in [3.63, 3.8) is 0 Å². The Labute approximate surface area is 128 Å². The SMILES string of the molecule is CCOc1c(N)cccc1C(=O)NCC(C(C)C)C(C)C. The van der Waals surface area contributed by atoms with Crippen molar-refractivity contribution >= 4 is 11.6 Å². The van der Waals surface area contributed by atoms with E-state index in [-0.39, 0.29) is 5.91 Å². The molecule has 1 amide bonds. The monoisotopic (exact) mass is 292 g/mol. The number of amides is 1. The Morgan fingerprint density at radius 3 is 2.38 bits per heavy atom. The van der Waals surface area contributed by atoms with Gasteiger partial charge in [-0.1, -0.05) is 33.8 Å². The van der Waals surface area contributed by atoms with E-state index in [0.29, 0.717) is 47.9 Å². The molecule has 1 aromatic rings. The molecule has 0 aliphatic rings. The Morgan fingerprint density at radius 1 is 1.24 bits per heavy atom. The zero-order chi connectivity index (χ0) is 16.0. The average molecular weight is 292 g/mol. The third-order valence-corrected chi connectivity index (χ3v) is 3.79. The minimum absolute atomic E-state index is 0.128. The van der Waals surface area contributed by atoms with E-state index in [0.717, 1.165) is 0 Å². The second kappa shape index (κ2) is 7.91. The van der Waals surface area contributed by atoms with Gasteiger partial charge in [0.1, 0.15) is 0 Å². The van der Waals surface area contributed by atoms with Crippen LogP contribution in [0.15, 0.2) is 18.2 Å². The summed E-state index contributed by atoms with van der Waals surface area (Å²) in [7, 11) is 0. The van der Waals surface area contributed by atoms with Gasteiger partial charge in [-0.3, -0.25) is 4.79 Å². The first-order valence-corrected chi connectivity index (χ1v) is 7.67. The van der Waals surface area contributed by atoms with E-state index in [1.54, 1.807) is 18.2 Å². The lowest BCUT2D eigenvalue weighted by atomic mass is 9.85. The van der Waals surface area contributed by atoms with Gasteiger partial charge in [-0.15, -0.1) is 0 Å². The van der Waals surface area contributed by atoms with E-state index in [2.05, 4.69) is 33.0 Å². The summed E-state index contributed by atoms with van der Waals surface area (Å²) < 4.78 is 5.50. The third kappa shape index (κ3) is 4.66. The van der Waals surface area contributed by atoms with Crippen LogP contribution in [0.3, 0.4) is 0 Å². The largest absolute Gasteiger partial charge is 0.491 e. The van der Waals surface area contributed by atoms with Crippen LogP contribution in [-0.2, 0) is 0 Å². The first kappa shape index (κ1) is 17.3. The highest BCUT2D eigenvalue weighted by atomic mass is 16.5. The third-order valence-electron chi connectivity index (χ3n) is 3.79. The van der Waals surface area contributed by atoms with Crippen LogP contribution in [-0.4, -0.2) is 19.1 Å². The summed E-state index contributed by atoms with van der Waals surface area (Å²) in [5, 5.41) is 3.01. The van der Waals surface area contributed by atoms with Gasteiger partial charge in [0.25, 0.3) is 5.91 Å². The van der Waals surface area contributed by atoms with Gasteiger partial charge < -0.3 is 15.8 Å². The molecule has 0 saturated heterocycles. The molecule has 0 bridgehead atoms. The van der Waals surface area contributed by atoms with Crippen LogP contribution in [0.4, 0.5) is 5.69 Å². The molecular weight excluding hydrogens is 264 g/mol. The molecule has 0 aliphatic carbocycles. The van der Waals surface area contributed by atoms with Gasteiger partial charge in [-0.05, 0) is 36.8 Å². The van der Waals surface area contributed by atoms with E-state index in [1.165, 1.54) is 0 Å². The number of hydrogen-bond acceptors (Lipinski definition) is 3. The highest BCUT2D eigenvalue weighted by molar-refractivity contribution is 5.98. The minimum Gasteiger partial charge on any atom is -0.491 e. The number of rotatable bonds is 7. The normalized spacial score (nSPS) is 11.2. The smallest absolute Gasteiger partial charge is 0.255 e. The quantitative estimate of drug-likeness (QED) is 0.758. The molecule has 0 fully saturated rings. The van der Waals surface area contributed by atoms with Crippen molar-refractivity contribution in [3.05, 3.63) is 23.8 Å². The maximum atomic E-state index is 12.4. The van der Waals surface area contributed by atoms with Crippen molar-refractivity contribution < 1.29 is 9.53 Å². The van der Waals surface area contributed by atoms with Gasteiger partial charge in [-0.25, -0.2) is 0 Å². The summed E-state index contributed by atoms with van der Waals surface area (Å²) in [5.74, 6) is 1.85. The van der Waals surface area contributed by atoms with Crippen molar-refractivity contribution in [2.45, 2.75) is 34.6 Å². The molecule has 0 radical (unpaired) electrons. The second-order valence-electron chi connectivity index (χ2n) is 6.02.